The molecule has 11 nitrogen and oxygen atoms in total. The molecular weight excluding hydrogens is 669 g/mol. The smallest absolute Gasteiger partial charge is 0.321 e. The summed E-state index contributed by atoms with van der Waals surface area (Å²) in [6, 6.07) is 25.4. The molecule has 0 saturated heterocycles. The molecule has 3 N–H and O–H groups in total. The SMILES string of the molecule is C[C@H]1CCCCO[C@H](CN(C)C(=O)Nc2cccc3ccccc23)[C@@H](C)CN([C@@H](C)CO)C(=O)c2cc(NS(=O)(=O)c3ccccc3)ccc2O1. The average Bonchev–Trinajstić information content (AvgIpc) is 3.13. The van der Waals surface area contributed by atoms with E-state index in [0.29, 0.717) is 24.5 Å². The summed E-state index contributed by atoms with van der Waals surface area (Å²) < 4.78 is 41.6. The minimum absolute atomic E-state index is 0.0902. The quantitative estimate of drug-likeness (QED) is 0.187. The third kappa shape index (κ3) is 9.57. The lowest BCUT2D eigenvalue weighted by molar-refractivity contribution is -0.0115. The van der Waals surface area contributed by atoms with Crippen LogP contribution in [0.25, 0.3) is 10.8 Å². The monoisotopic (exact) mass is 716 g/mol. The summed E-state index contributed by atoms with van der Waals surface area (Å²) in [4.78, 5) is 31.1. The summed E-state index contributed by atoms with van der Waals surface area (Å²) in [6.45, 7) is 6.25. The Kier molecular flexibility index (Phi) is 12.6. The zero-order valence-electron chi connectivity index (χ0n) is 29.6. The number of hydrogen-bond donors (Lipinski definition) is 3. The van der Waals surface area contributed by atoms with Gasteiger partial charge in [-0.2, -0.15) is 0 Å². The highest BCUT2D eigenvalue weighted by Crippen LogP contribution is 2.30. The Morgan fingerprint density at radius 2 is 1.73 bits per heavy atom. The number of anilines is 2. The van der Waals surface area contributed by atoms with Gasteiger partial charge < -0.3 is 29.7 Å². The number of urea groups is 1. The van der Waals surface area contributed by atoms with Gasteiger partial charge in [-0.1, -0.05) is 61.5 Å². The summed E-state index contributed by atoms with van der Waals surface area (Å²) in [5.74, 6) is -0.362. The van der Waals surface area contributed by atoms with Crippen LogP contribution in [0.15, 0.2) is 95.9 Å². The van der Waals surface area contributed by atoms with E-state index in [1.54, 1.807) is 54.1 Å². The predicted octanol–water partition coefficient (Wildman–Crippen LogP) is 6.60. The third-order valence-electron chi connectivity index (χ3n) is 9.19. The molecule has 0 radical (unpaired) electrons. The number of nitrogens with one attached hydrogen (secondary N) is 2. The van der Waals surface area contributed by atoms with E-state index in [0.717, 1.165) is 23.6 Å². The molecule has 0 bridgehead atoms. The number of likely N-dealkylation sites (N-methyl/N-ethyl adjacent to an activating group) is 1. The summed E-state index contributed by atoms with van der Waals surface area (Å²) in [5, 5.41) is 15.3. The number of rotatable bonds is 8. The standard InChI is InChI=1S/C39H48N4O7S/c1-27-24-43(28(2)26-44)38(45)34-23-31(41-51(47,48)32-16-6-5-7-17-32)20-21-36(34)50-29(3)13-10-11-22-49-37(27)25-42(4)39(46)40-35-19-12-15-30-14-8-9-18-33(30)35/h5-9,12,14-21,23,27-29,37,41,44H,10-11,13,22,24-26H2,1-4H3,(H,40,46)/t27-,28-,29-,37+/m0/s1. The molecule has 0 unspecified atom stereocenters. The molecule has 1 aliphatic rings. The van der Waals surface area contributed by atoms with E-state index in [1.165, 1.54) is 18.2 Å². The van der Waals surface area contributed by atoms with Crippen molar-refractivity contribution in [2.24, 2.45) is 5.92 Å². The van der Waals surface area contributed by atoms with Crippen molar-refractivity contribution in [2.45, 2.75) is 63.2 Å². The summed E-state index contributed by atoms with van der Waals surface area (Å²) in [5.41, 5.74) is 1.08. The fourth-order valence-electron chi connectivity index (χ4n) is 6.16. The van der Waals surface area contributed by atoms with Crippen LogP contribution in [0.5, 0.6) is 5.75 Å². The minimum Gasteiger partial charge on any atom is -0.490 e. The second-order valence-corrected chi connectivity index (χ2v) is 14.9. The van der Waals surface area contributed by atoms with Crippen molar-refractivity contribution in [3.05, 3.63) is 96.6 Å². The average molecular weight is 717 g/mol. The zero-order valence-corrected chi connectivity index (χ0v) is 30.4. The zero-order chi connectivity index (χ0) is 36.5. The van der Waals surface area contributed by atoms with Crippen LogP contribution in [0, 0.1) is 5.92 Å². The van der Waals surface area contributed by atoms with Crippen molar-refractivity contribution in [1.29, 1.82) is 0 Å². The number of aliphatic hydroxyl groups excluding tert-OH is 1. The molecule has 0 saturated carbocycles. The predicted molar refractivity (Wildman–Crippen MR) is 200 cm³/mol. The first kappa shape index (κ1) is 37.6. The molecule has 0 aliphatic carbocycles. The molecule has 0 spiro atoms. The number of nitrogens with zero attached hydrogens (tertiary/aromatic N) is 2. The van der Waals surface area contributed by atoms with Crippen LogP contribution in [0.3, 0.4) is 0 Å². The van der Waals surface area contributed by atoms with Gasteiger partial charge in [0.15, 0.2) is 0 Å². The van der Waals surface area contributed by atoms with Crippen LogP contribution in [0.2, 0.25) is 0 Å². The van der Waals surface area contributed by atoms with Crippen molar-refractivity contribution < 1.29 is 32.6 Å². The normalized spacial score (nSPS) is 19.7. The van der Waals surface area contributed by atoms with Gasteiger partial charge in [-0.3, -0.25) is 9.52 Å². The van der Waals surface area contributed by atoms with Crippen LogP contribution < -0.4 is 14.8 Å². The number of fused-ring (bicyclic) bond motifs is 2. The molecular formula is C39H48N4O7S. The Morgan fingerprint density at radius 1 is 1.00 bits per heavy atom. The molecule has 272 valence electrons. The highest BCUT2D eigenvalue weighted by atomic mass is 32.2. The van der Waals surface area contributed by atoms with E-state index in [2.05, 4.69) is 10.0 Å². The highest BCUT2D eigenvalue weighted by molar-refractivity contribution is 7.92. The van der Waals surface area contributed by atoms with Crippen LogP contribution in [-0.4, -0.2) is 86.9 Å². The van der Waals surface area contributed by atoms with Crippen LogP contribution in [0.1, 0.15) is 50.4 Å². The van der Waals surface area contributed by atoms with Gasteiger partial charge in [0.2, 0.25) is 0 Å². The van der Waals surface area contributed by atoms with Gasteiger partial charge in [0.25, 0.3) is 15.9 Å². The summed E-state index contributed by atoms with van der Waals surface area (Å²) >= 11 is 0. The van der Waals surface area contributed by atoms with Gasteiger partial charge in [-0.05, 0) is 74.9 Å². The number of hydrogen-bond acceptors (Lipinski definition) is 7. The second kappa shape index (κ2) is 17.0. The molecule has 4 aromatic carbocycles. The minimum atomic E-state index is -3.93. The lowest BCUT2D eigenvalue weighted by atomic mass is 10.0. The first-order valence-electron chi connectivity index (χ1n) is 17.4. The van der Waals surface area contributed by atoms with Gasteiger partial charge >= 0.3 is 6.03 Å². The Morgan fingerprint density at radius 3 is 2.49 bits per heavy atom. The van der Waals surface area contributed by atoms with E-state index in [9.17, 15) is 23.1 Å². The number of ether oxygens (including phenoxy) is 2. The second-order valence-electron chi connectivity index (χ2n) is 13.3. The Hall–Kier alpha value is -4.65. The number of sulfonamides is 1. The topological polar surface area (TPSA) is 138 Å². The van der Waals surface area contributed by atoms with E-state index >= 15 is 0 Å². The number of amides is 3. The van der Waals surface area contributed by atoms with Gasteiger partial charge in [0.1, 0.15) is 5.75 Å². The molecule has 3 amide bonds. The van der Waals surface area contributed by atoms with Crippen LogP contribution in [0.4, 0.5) is 16.2 Å². The van der Waals surface area contributed by atoms with Crippen molar-refractivity contribution in [1.82, 2.24) is 9.80 Å². The highest BCUT2D eigenvalue weighted by Gasteiger charge is 2.31. The fourth-order valence-corrected chi connectivity index (χ4v) is 7.23. The fraction of sp³-hybridized carbons (Fsp3) is 0.385. The summed E-state index contributed by atoms with van der Waals surface area (Å²) in [6.07, 6.45) is 1.60. The Bertz CT molecular complexity index is 1900. The van der Waals surface area contributed by atoms with Gasteiger partial charge in [0.05, 0.1) is 41.0 Å². The van der Waals surface area contributed by atoms with Gasteiger partial charge in [-0.25, -0.2) is 13.2 Å². The van der Waals surface area contributed by atoms with E-state index in [-0.39, 0.29) is 53.9 Å². The van der Waals surface area contributed by atoms with Crippen molar-refractivity contribution in [2.75, 3.05) is 43.4 Å². The number of benzene rings is 4. The van der Waals surface area contributed by atoms with Crippen molar-refractivity contribution >= 4 is 44.1 Å². The Labute approximate surface area is 300 Å². The van der Waals surface area contributed by atoms with Crippen molar-refractivity contribution in [3.63, 3.8) is 0 Å². The molecule has 5 rings (SSSR count). The lowest BCUT2D eigenvalue weighted by Gasteiger charge is -2.35. The lowest BCUT2D eigenvalue weighted by Crippen LogP contribution is -2.48. The van der Waals surface area contributed by atoms with E-state index < -0.39 is 28.1 Å². The number of carbonyl (C=O) groups is 2. The number of carbonyl (C=O) groups excluding carboxylic acids is 2. The number of aliphatic hydroxyl groups is 1. The molecule has 0 fully saturated rings. The third-order valence-corrected chi connectivity index (χ3v) is 10.6. The Balaban J connectivity index is 1.40. The molecule has 51 heavy (non-hydrogen) atoms. The maximum Gasteiger partial charge on any atom is 0.321 e. The molecule has 1 heterocycles. The van der Waals surface area contributed by atoms with Crippen LogP contribution in [-0.2, 0) is 14.8 Å². The first-order valence-corrected chi connectivity index (χ1v) is 18.9. The van der Waals surface area contributed by atoms with Crippen molar-refractivity contribution in [3.8, 4) is 5.75 Å². The molecule has 12 heteroatoms. The molecule has 4 atom stereocenters. The van der Waals surface area contributed by atoms with E-state index in [4.69, 9.17) is 9.47 Å². The summed E-state index contributed by atoms with van der Waals surface area (Å²) in [7, 11) is -2.21. The van der Waals surface area contributed by atoms with Gasteiger partial charge in [-0.15, -0.1) is 0 Å². The maximum absolute atomic E-state index is 14.4. The molecule has 4 aromatic rings. The van der Waals surface area contributed by atoms with Crippen LogP contribution >= 0.6 is 0 Å². The molecule has 1 aliphatic heterocycles. The maximum atomic E-state index is 14.4. The van der Waals surface area contributed by atoms with E-state index in [1.807, 2.05) is 56.3 Å². The first-order chi connectivity index (χ1) is 24.5. The largest absolute Gasteiger partial charge is 0.490 e. The van der Waals surface area contributed by atoms with Gasteiger partial charge in [0, 0.05) is 43.7 Å². The molecule has 0 aromatic heterocycles.